The number of hydrogen-bond acceptors (Lipinski definition) is 2. The lowest BCUT2D eigenvalue weighted by molar-refractivity contribution is 0.475. The molecule has 1 nitrogen and oxygen atoms in total. The van der Waals surface area contributed by atoms with Crippen molar-refractivity contribution in [3.8, 4) is 5.75 Å². The Morgan fingerprint density at radius 3 is 2.43 bits per heavy atom. The Hall–Kier alpha value is -1.54. The van der Waals surface area contributed by atoms with Gasteiger partial charge in [0.05, 0.1) is 0 Å². The molecule has 0 aliphatic carbocycles. The highest BCUT2D eigenvalue weighted by Gasteiger charge is 1.89. The van der Waals surface area contributed by atoms with Gasteiger partial charge in [-0.05, 0) is 35.2 Å². The highest BCUT2D eigenvalue weighted by molar-refractivity contribution is 7.10. The number of hydrogen-bond donors (Lipinski definition) is 1. The van der Waals surface area contributed by atoms with Crippen LogP contribution in [-0.2, 0) is 0 Å². The molecule has 0 aliphatic rings. The molecule has 1 aromatic carbocycles. The maximum Gasteiger partial charge on any atom is 0.115 e. The molecule has 0 saturated heterocycles. The van der Waals surface area contributed by atoms with Crippen LogP contribution < -0.4 is 0 Å². The summed E-state index contributed by atoms with van der Waals surface area (Å²) in [5.74, 6) is 0.304. The second-order valence-electron chi connectivity index (χ2n) is 2.94. The van der Waals surface area contributed by atoms with Crippen molar-refractivity contribution in [2.24, 2.45) is 0 Å². The van der Waals surface area contributed by atoms with E-state index in [2.05, 4.69) is 17.5 Å². The number of aromatic hydroxyl groups is 1. The molecule has 0 saturated carbocycles. The van der Waals surface area contributed by atoms with Crippen molar-refractivity contribution < 1.29 is 5.11 Å². The fourth-order valence-electron chi connectivity index (χ4n) is 1.15. The summed E-state index contributed by atoms with van der Waals surface area (Å²) in [6.07, 6.45) is 4.10. The Morgan fingerprint density at radius 2 is 1.79 bits per heavy atom. The Balaban J connectivity index is 2.15. The van der Waals surface area contributed by atoms with Gasteiger partial charge in [0.25, 0.3) is 0 Å². The van der Waals surface area contributed by atoms with Crippen LogP contribution in [0.3, 0.4) is 0 Å². The summed E-state index contributed by atoms with van der Waals surface area (Å²) in [6, 6.07) is 11.3. The number of thiophene rings is 1. The second kappa shape index (κ2) is 4.11. The second-order valence-corrected chi connectivity index (χ2v) is 3.92. The molecule has 0 atom stereocenters. The van der Waals surface area contributed by atoms with Gasteiger partial charge in [0.15, 0.2) is 0 Å². The highest BCUT2D eigenvalue weighted by Crippen LogP contribution is 2.15. The molecule has 14 heavy (non-hydrogen) atoms. The zero-order valence-corrected chi connectivity index (χ0v) is 8.37. The van der Waals surface area contributed by atoms with Gasteiger partial charge in [-0.15, -0.1) is 11.3 Å². The first-order valence-electron chi connectivity index (χ1n) is 4.35. The molecule has 0 radical (unpaired) electrons. The van der Waals surface area contributed by atoms with E-state index in [4.69, 9.17) is 5.11 Å². The molecule has 0 unspecified atom stereocenters. The van der Waals surface area contributed by atoms with E-state index in [1.165, 1.54) is 4.88 Å². The summed E-state index contributed by atoms with van der Waals surface area (Å²) in [6.45, 7) is 0. The average Bonchev–Trinajstić information content (AvgIpc) is 2.70. The summed E-state index contributed by atoms with van der Waals surface area (Å²) >= 11 is 1.71. The molecule has 1 N–H and O–H groups in total. The quantitative estimate of drug-likeness (QED) is 0.788. The van der Waals surface area contributed by atoms with Crippen LogP contribution in [0.4, 0.5) is 0 Å². The van der Waals surface area contributed by atoms with Crippen molar-refractivity contribution in [2.45, 2.75) is 0 Å². The van der Waals surface area contributed by atoms with Crippen LogP contribution in [0.25, 0.3) is 12.2 Å². The van der Waals surface area contributed by atoms with Crippen LogP contribution >= 0.6 is 11.3 Å². The molecule has 0 spiro atoms. The average molecular weight is 202 g/mol. The molecule has 1 aromatic heterocycles. The summed E-state index contributed by atoms with van der Waals surface area (Å²) < 4.78 is 0. The van der Waals surface area contributed by atoms with E-state index in [1.807, 2.05) is 24.3 Å². The van der Waals surface area contributed by atoms with E-state index in [0.717, 1.165) is 5.56 Å². The van der Waals surface area contributed by atoms with Crippen molar-refractivity contribution in [1.29, 1.82) is 0 Å². The van der Waals surface area contributed by atoms with Gasteiger partial charge < -0.3 is 5.11 Å². The first-order valence-corrected chi connectivity index (χ1v) is 5.23. The fraction of sp³-hybridized carbons (Fsp3) is 0. The Morgan fingerprint density at radius 1 is 1.00 bits per heavy atom. The van der Waals surface area contributed by atoms with E-state index in [9.17, 15) is 0 Å². The van der Waals surface area contributed by atoms with E-state index < -0.39 is 0 Å². The highest BCUT2D eigenvalue weighted by atomic mass is 32.1. The Labute approximate surface area is 87.0 Å². The third-order valence-corrected chi connectivity index (χ3v) is 2.71. The lowest BCUT2D eigenvalue weighted by atomic mass is 10.2. The molecule has 0 bridgehead atoms. The molecule has 2 rings (SSSR count). The largest absolute Gasteiger partial charge is 0.508 e. The summed E-state index contributed by atoms with van der Waals surface area (Å²) in [5, 5.41) is 11.1. The minimum absolute atomic E-state index is 0.304. The van der Waals surface area contributed by atoms with Crippen LogP contribution in [0.2, 0.25) is 0 Å². The van der Waals surface area contributed by atoms with E-state index in [1.54, 1.807) is 23.5 Å². The third kappa shape index (κ3) is 2.24. The summed E-state index contributed by atoms with van der Waals surface area (Å²) in [5.41, 5.74) is 1.09. The number of benzene rings is 1. The molecular formula is C12H10OS. The van der Waals surface area contributed by atoms with Gasteiger partial charge in [-0.2, -0.15) is 0 Å². The van der Waals surface area contributed by atoms with Crippen molar-refractivity contribution in [3.63, 3.8) is 0 Å². The monoisotopic (exact) mass is 202 g/mol. The van der Waals surface area contributed by atoms with Crippen LogP contribution in [0, 0.1) is 0 Å². The first-order chi connectivity index (χ1) is 6.84. The molecule has 1 heterocycles. The maximum atomic E-state index is 9.09. The minimum atomic E-state index is 0.304. The number of phenols is 1. The van der Waals surface area contributed by atoms with Crippen LogP contribution in [0.1, 0.15) is 10.4 Å². The van der Waals surface area contributed by atoms with Gasteiger partial charge in [-0.25, -0.2) is 0 Å². The molecule has 0 amide bonds. The summed E-state index contributed by atoms with van der Waals surface area (Å²) in [4.78, 5) is 1.23. The third-order valence-electron chi connectivity index (χ3n) is 1.88. The van der Waals surface area contributed by atoms with Gasteiger partial charge in [0.1, 0.15) is 5.75 Å². The minimum Gasteiger partial charge on any atom is -0.508 e. The Bertz CT molecular complexity index is 412. The predicted octanol–water partition coefficient (Wildman–Crippen LogP) is 3.62. The molecule has 70 valence electrons. The zero-order chi connectivity index (χ0) is 9.80. The van der Waals surface area contributed by atoms with Gasteiger partial charge in [0, 0.05) is 4.88 Å². The lowest BCUT2D eigenvalue weighted by Crippen LogP contribution is -1.69. The lowest BCUT2D eigenvalue weighted by Gasteiger charge is -1.93. The predicted molar refractivity (Wildman–Crippen MR) is 61.4 cm³/mol. The molecular weight excluding hydrogens is 192 g/mol. The van der Waals surface area contributed by atoms with Gasteiger partial charge >= 0.3 is 0 Å². The van der Waals surface area contributed by atoms with Crippen LogP contribution in [-0.4, -0.2) is 5.11 Å². The summed E-state index contributed by atoms with van der Waals surface area (Å²) in [7, 11) is 0. The van der Waals surface area contributed by atoms with E-state index in [-0.39, 0.29) is 0 Å². The van der Waals surface area contributed by atoms with Gasteiger partial charge in [-0.1, -0.05) is 24.3 Å². The van der Waals surface area contributed by atoms with Crippen LogP contribution in [0.15, 0.2) is 41.8 Å². The SMILES string of the molecule is Oc1ccc(C=Cc2cccs2)cc1. The van der Waals surface area contributed by atoms with Crippen LogP contribution in [0.5, 0.6) is 5.75 Å². The van der Waals surface area contributed by atoms with Crippen molar-refractivity contribution in [1.82, 2.24) is 0 Å². The molecule has 2 heteroatoms. The Kier molecular flexibility index (Phi) is 2.65. The smallest absolute Gasteiger partial charge is 0.115 e. The number of phenolic OH excluding ortho intramolecular Hbond substituents is 1. The van der Waals surface area contributed by atoms with E-state index >= 15 is 0 Å². The molecule has 0 aliphatic heterocycles. The topological polar surface area (TPSA) is 20.2 Å². The van der Waals surface area contributed by atoms with Gasteiger partial charge in [0.2, 0.25) is 0 Å². The zero-order valence-electron chi connectivity index (χ0n) is 7.55. The van der Waals surface area contributed by atoms with Crippen molar-refractivity contribution in [3.05, 3.63) is 52.2 Å². The first kappa shape index (κ1) is 9.03. The van der Waals surface area contributed by atoms with Crippen molar-refractivity contribution in [2.75, 3.05) is 0 Å². The van der Waals surface area contributed by atoms with Gasteiger partial charge in [-0.3, -0.25) is 0 Å². The molecule has 2 aromatic rings. The normalized spacial score (nSPS) is 10.9. The van der Waals surface area contributed by atoms with Crippen molar-refractivity contribution >= 4 is 23.5 Å². The standard InChI is InChI=1S/C12H10OS/c13-11-6-3-10(4-7-11)5-8-12-2-1-9-14-12/h1-9,13H. The molecule has 0 fully saturated rings. The fourth-order valence-corrected chi connectivity index (χ4v) is 1.77. The van der Waals surface area contributed by atoms with E-state index in [0.29, 0.717) is 5.75 Å². The maximum absolute atomic E-state index is 9.09. The number of rotatable bonds is 2.